The van der Waals surface area contributed by atoms with Crippen LogP contribution >= 0.6 is 11.8 Å². The van der Waals surface area contributed by atoms with E-state index in [0.717, 1.165) is 41.2 Å². The summed E-state index contributed by atoms with van der Waals surface area (Å²) in [6, 6.07) is 13.6. The molecule has 0 aliphatic carbocycles. The number of thioether (sulfide) groups is 1. The van der Waals surface area contributed by atoms with Gasteiger partial charge in [0.1, 0.15) is 11.5 Å². The molecule has 2 aromatic carbocycles. The molecule has 3 aromatic rings. The van der Waals surface area contributed by atoms with Crippen molar-refractivity contribution in [1.82, 2.24) is 10.2 Å². The maximum Gasteiger partial charge on any atom is 0.277 e. The Labute approximate surface area is 179 Å². The summed E-state index contributed by atoms with van der Waals surface area (Å²) in [5, 5.41) is 8.37. The number of ether oxygens (including phenoxy) is 2. The fourth-order valence-corrected chi connectivity index (χ4v) is 4.02. The van der Waals surface area contributed by atoms with Crippen LogP contribution in [0.1, 0.15) is 23.4 Å². The van der Waals surface area contributed by atoms with Crippen LogP contribution in [0.4, 0.5) is 5.69 Å². The number of nitrogens with zero attached hydrogens (tertiary/aromatic N) is 3. The Morgan fingerprint density at radius 3 is 2.93 bits per heavy atom. The molecule has 4 rings (SSSR count). The molecule has 0 fully saturated rings. The van der Waals surface area contributed by atoms with E-state index in [2.05, 4.69) is 10.2 Å². The molecule has 8 heteroatoms. The number of aromatic nitrogens is 2. The number of carbonyl (C=O) groups excluding carboxylic acids is 1. The third-order valence-electron chi connectivity index (χ3n) is 4.83. The van der Waals surface area contributed by atoms with E-state index in [0.29, 0.717) is 17.7 Å². The van der Waals surface area contributed by atoms with E-state index in [1.807, 2.05) is 54.3 Å². The predicted molar refractivity (Wildman–Crippen MR) is 114 cm³/mol. The van der Waals surface area contributed by atoms with Gasteiger partial charge in [-0.3, -0.25) is 4.79 Å². The molecule has 0 unspecified atom stereocenters. The largest absolute Gasteiger partial charge is 0.497 e. The molecule has 0 atom stereocenters. The average molecular weight is 426 g/mol. The molecule has 0 saturated heterocycles. The van der Waals surface area contributed by atoms with E-state index in [4.69, 9.17) is 13.9 Å². The van der Waals surface area contributed by atoms with Crippen LogP contribution in [0.25, 0.3) is 0 Å². The van der Waals surface area contributed by atoms with Gasteiger partial charge in [0, 0.05) is 12.2 Å². The number of anilines is 1. The van der Waals surface area contributed by atoms with Crippen LogP contribution in [0, 0.1) is 6.92 Å². The van der Waals surface area contributed by atoms with Gasteiger partial charge in [-0.1, -0.05) is 23.9 Å². The van der Waals surface area contributed by atoms with E-state index in [1.165, 1.54) is 11.8 Å². The summed E-state index contributed by atoms with van der Waals surface area (Å²) in [5.41, 5.74) is 3.20. The summed E-state index contributed by atoms with van der Waals surface area (Å²) in [6.07, 6.45) is 1.87. The van der Waals surface area contributed by atoms with E-state index in [1.54, 1.807) is 7.11 Å². The number of benzene rings is 2. The van der Waals surface area contributed by atoms with Crippen molar-refractivity contribution in [3.63, 3.8) is 0 Å². The summed E-state index contributed by atoms with van der Waals surface area (Å²) in [5.74, 6) is 2.18. The predicted octanol–water partition coefficient (Wildman–Crippen LogP) is 4.04. The SMILES string of the molecule is COc1ccc2c(c1)CCCN2C(=O)CSc1nnc(COc2cccc(C)c2)o1. The lowest BCUT2D eigenvalue weighted by atomic mass is 10.0. The zero-order chi connectivity index (χ0) is 20.9. The summed E-state index contributed by atoms with van der Waals surface area (Å²) < 4.78 is 16.6. The van der Waals surface area contributed by atoms with Gasteiger partial charge in [-0.05, 0) is 61.2 Å². The second-order valence-electron chi connectivity index (χ2n) is 7.00. The molecule has 0 saturated carbocycles. The summed E-state index contributed by atoms with van der Waals surface area (Å²) in [6.45, 7) is 2.90. The lowest BCUT2D eigenvalue weighted by Crippen LogP contribution is -2.36. The highest BCUT2D eigenvalue weighted by Crippen LogP contribution is 2.31. The van der Waals surface area contributed by atoms with Crippen LogP contribution in [-0.2, 0) is 17.8 Å². The van der Waals surface area contributed by atoms with E-state index in [9.17, 15) is 4.79 Å². The molecule has 2 heterocycles. The molecule has 30 heavy (non-hydrogen) atoms. The van der Waals surface area contributed by atoms with Gasteiger partial charge >= 0.3 is 0 Å². The van der Waals surface area contributed by atoms with Crippen molar-refractivity contribution in [2.24, 2.45) is 0 Å². The van der Waals surface area contributed by atoms with Crippen LogP contribution in [0.3, 0.4) is 0 Å². The highest BCUT2D eigenvalue weighted by atomic mass is 32.2. The minimum absolute atomic E-state index is 0.0156. The smallest absolute Gasteiger partial charge is 0.277 e. The van der Waals surface area contributed by atoms with Crippen molar-refractivity contribution in [2.75, 3.05) is 24.3 Å². The van der Waals surface area contributed by atoms with Gasteiger partial charge < -0.3 is 18.8 Å². The highest BCUT2D eigenvalue weighted by Gasteiger charge is 2.23. The zero-order valence-electron chi connectivity index (χ0n) is 17.0. The van der Waals surface area contributed by atoms with Crippen molar-refractivity contribution in [3.05, 3.63) is 59.5 Å². The number of aryl methyl sites for hydroxylation is 2. The first-order chi connectivity index (χ1) is 14.6. The summed E-state index contributed by atoms with van der Waals surface area (Å²) in [4.78, 5) is 14.6. The molecule has 1 amide bonds. The number of fused-ring (bicyclic) bond motifs is 1. The maximum atomic E-state index is 12.8. The molecule has 0 radical (unpaired) electrons. The van der Waals surface area contributed by atoms with Gasteiger partial charge in [0.05, 0.1) is 12.9 Å². The first-order valence-corrected chi connectivity index (χ1v) is 10.7. The molecular formula is C22H23N3O4S. The molecule has 1 aliphatic heterocycles. The topological polar surface area (TPSA) is 77.7 Å². The Morgan fingerprint density at radius 2 is 2.10 bits per heavy atom. The van der Waals surface area contributed by atoms with Crippen LogP contribution in [0.15, 0.2) is 52.1 Å². The normalized spacial score (nSPS) is 13.1. The number of hydrogen-bond donors (Lipinski definition) is 0. The molecule has 0 bridgehead atoms. The van der Waals surface area contributed by atoms with Gasteiger partial charge in [-0.2, -0.15) is 0 Å². The Balaban J connectivity index is 1.33. The van der Waals surface area contributed by atoms with Gasteiger partial charge in [0.25, 0.3) is 11.1 Å². The standard InChI is InChI=1S/C22H23N3O4S/c1-15-5-3-7-18(11-15)28-13-20-23-24-22(29-20)30-14-21(26)25-10-4-6-16-12-17(27-2)8-9-19(16)25/h3,5,7-9,11-12H,4,6,10,13-14H2,1-2H3. The van der Waals surface area contributed by atoms with Gasteiger partial charge in [-0.25, -0.2) is 0 Å². The zero-order valence-corrected chi connectivity index (χ0v) is 17.8. The number of amides is 1. The summed E-state index contributed by atoms with van der Waals surface area (Å²) in [7, 11) is 1.65. The molecular weight excluding hydrogens is 402 g/mol. The highest BCUT2D eigenvalue weighted by molar-refractivity contribution is 7.99. The lowest BCUT2D eigenvalue weighted by molar-refractivity contribution is -0.116. The number of carbonyl (C=O) groups is 1. The van der Waals surface area contributed by atoms with Crippen molar-refractivity contribution in [3.8, 4) is 11.5 Å². The van der Waals surface area contributed by atoms with Crippen molar-refractivity contribution in [2.45, 2.75) is 31.6 Å². The molecule has 7 nitrogen and oxygen atoms in total. The Morgan fingerprint density at radius 1 is 1.20 bits per heavy atom. The van der Waals surface area contributed by atoms with Crippen LogP contribution < -0.4 is 14.4 Å². The van der Waals surface area contributed by atoms with Crippen molar-refractivity contribution < 1.29 is 18.7 Å². The second kappa shape index (κ2) is 9.21. The first kappa shape index (κ1) is 20.3. The lowest BCUT2D eigenvalue weighted by Gasteiger charge is -2.29. The van der Waals surface area contributed by atoms with Gasteiger partial charge in [-0.15, -0.1) is 10.2 Å². The van der Waals surface area contributed by atoms with Gasteiger partial charge in [0.15, 0.2) is 6.61 Å². The molecule has 156 valence electrons. The minimum atomic E-state index is 0.0156. The first-order valence-electron chi connectivity index (χ1n) is 9.74. The number of rotatable bonds is 7. The molecule has 1 aromatic heterocycles. The fourth-order valence-electron chi connectivity index (χ4n) is 3.37. The van der Waals surface area contributed by atoms with Crippen LogP contribution in [-0.4, -0.2) is 35.5 Å². The maximum absolute atomic E-state index is 12.8. The molecule has 0 spiro atoms. The van der Waals surface area contributed by atoms with Crippen molar-refractivity contribution in [1.29, 1.82) is 0 Å². The average Bonchev–Trinajstić information content (AvgIpc) is 3.23. The number of methoxy groups -OCH3 is 1. The Bertz CT molecular complexity index is 1040. The molecule has 1 aliphatic rings. The second-order valence-corrected chi connectivity index (χ2v) is 7.93. The third-order valence-corrected chi connectivity index (χ3v) is 5.63. The van der Waals surface area contributed by atoms with Crippen LogP contribution in [0.2, 0.25) is 0 Å². The Hall–Kier alpha value is -3.00. The third kappa shape index (κ3) is 4.76. The fraction of sp³-hybridized carbons (Fsp3) is 0.318. The van der Waals surface area contributed by atoms with Gasteiger partial charge in [0.2, 0.25) is 5.91 Å². The van der Waals surface area contributed by atoms with E-state index >= 15 is 0 Å². The van der Waals surface area contributed by atoms with E-state index in [-0.39, 0.29) is 18.3 Å². The summed E-state index contributed by atoms with van der Waals surface area (Å²) >= 11 is 1.24. The molecule has 0 N–H and O–H groups in total. The van der Waals surface area contributed by atoms with Crippen LogP contribution in [0.5, 0.6) is 11.5 Å². The monoisotopic (exact) mass is 425 g/mol. The number of hydrogen-bond acceptors (Lipinski definition) is 7. The minimum Gasteiger partial charge on any atom is -0.497 e. The van der Waals surface area contributed by atoms with E-state index < -0.39 is 0 Å². The quantitative estimate of drug-likeness (QED) is 0.529. The van der Waals surface area contributed by atoms with Crippen molar-refractivity contribution >= 4 is 23.4 Å². The Kier molecular flexibility index (Phi) is 6.23.